The molecule has 2 nitrogen and oxygen atoms in total. The van der Waals surface area contributed by atoms with Gasteiger partial charge in [0.1, 0.15) is 16.8 Å². The second-order valence-electron chi connectivity index (χ2n) is 3.77. The molecule has 1 aliphatic heterocycles. The van der Waals surface area contributed by atoms with Crippen LogP contribution in [0.2, 0.25) is 0 Å². The van der Waals surface area contributed by atoms with E-state index in [4.69, 9.17) is 0 Å². The van der Waals surface area contributed by atoms with Gasteiger partial charge in [-0.1, -0.05) is 5.57 Å². The van der Waals surface area contributed by atoms with Crippen molar-refractivity contribution in [1.29, 1.82) is 0 Å². The molecule has 0 bridgehead atoms. The minimum atomic E-state index is -0.984. The molecule has 0 aromatic heterocycles. The summed E-state index contributed by atoms with van der Waals surface area (Å²) in [6, 6.07) is 0. The van der Waals surface area contributed by atoms with Crippen molar-refractivity contribution in [3.63, 3.8) is 0 Å². The number of allylic oxidation sites excluding steroid dienone is 4. The van der Waals surface area contributed by atoms with E-state index >= 15 is 0 Å². The van der Waals surface area contributed by atoms with Crippen molar-refractivity contribution in [2.24, 2.45) is 0 Å². The number of rotatable bonds is 1. The van der Waals surface area contributed by atoms with Gasteiger partial charge >= 0.3 is 0 Å². The summed E-state index contributed by atoms with van der Waals surface area (Å²) < 4.78 is 26.8. The maximum Gasteiger partial charge on any atom is 0.143 e. The van der Waals surface area contributed by atoms with Crippen molar-refractivity contribution < 1.29 is 8.60 Å². The van der Waals surface area contributed by atoms with Crippen LogP contribution in [-0.2, 0) is 11.0 Å². The third kappa shape index (κ3) is 1.75. The highest BCUT2D eigenvalue weighted by molar-refractivity contribution is 7.83. The topological polar surface area (TPSA) is 20.3 Å². The van der Waals surface area contributed by atoms with E-state index in [0.717, 1.165) is 25.0 Å². The van der Waals surface area contributed by atoms with Gasteiger partial charge in [-0.2, -0.15) is 0 Å². The number of halogens is 1. The Hall–Kier alpha value is -0.640. The Morgan fingerprint density at radius 1 is 1.50 bits per heavy atom. The average molecular weight is 215 g/mol. The minimum absolute atomic E-state index is 0.191. The molecule has 2 rings (SSSR count). The molecule has 0 radical (unpaired) electrons. The van der Waals surface area contributed by atoms with Crippen LogP contribution in [0.1, 0.15) is 26.2 Å². The van der Waals surface area contributed by atoms with Crippen LogP contribution in [0.15, 0.2) is 23.2 Å². The molecule has 1 atom stereocenters. The maximum absolute atomic E-state index is 13.6. The van der Waals surface area contributed by atoms with Crippen molar-refractivity contribution >= 4 is 11.0 Å². The van der Waals surface area contributed by atoms with Gasteiger partial charge in [0.2, 0.25) is 0 Å². The van der Waals surface area contributed by atoms with Crippen LogP contribution in [0.25, 0.3) is 0 Å². The van der Waals surface area contributed by atoms with Gasteiger partial charge in [0.25, 0.3) is 0 Å². The molecular weight excluding hydrogens is 201 g/mol. The molecular formula is C10H14FNOS. The largest absolute Gasteiger partial charge is 0.293 e. The minimum Gasteiger partial charge on any atom is -0.293 e. The lowest BCUT2D eigenvalue weighted by molar-refractivity contribution is 0.495. The Kier molecular flexibility index (Phi) is 2.72. The molecule has 14 heavy (non-hydrogen) atoms. The third-order valence-electron chi connectivity index (χ3n) is 2.63. The molecule has 0 aromatic carbocycles. The quantitative estimate of drug-likeness (QED) is 0.657. The lowest BCUT2D eigenvalue weighted by atomic mass is 10.0. The fourth-order valence-electron chi connectivity index (χ4n) is 1.85. The molecule has 1 saturated heterocycles. The normalized spacial score (nSPS) is 28.3. The summed E-state index contributed by atoms with van der Waals surface area (Å²) in [6.45, 7) is 2.67. The van der Waals surface area contributed by atoms with E-state index in [2.05, 4.69) is 0 Å². The van der Waals surface area contributed by atoms with E-state index in [9.17, 15) is 8.60 Å². The summed E-state index contributed by atoms with van der Waals surface area (Å²) >= 11 is 0. The number of hydrogen-bond acceptors (Lipinski definition) is 1. The Morgan fingerprint density at radius 2 is 2.29 bits per heavy atom. The van der Waals surface area contributed by atoms with Crippen LogP contribution in [-0.4, -0.2) is 20.8 Å². The molecule has 1 unspecified atom stereocenters. The van der Waals surface area contributed by atoms with Crippen LogP contribution in [0.5, 0.6) is 0 Å². The van der Waals surface area contributed by atoms with Gasteiger partial charge in [-0.25, -0.2) is 8.60 Å². The van der Waals surface area contributed by atoms with Crippen LogP contribution >= 0.6 is 0 Å². The fraction of sp³-hybridized carbons (Fsp3) is 0.600. The second kappa shape index (κ2) is 3.85. The Bertz CT molecular complexity index is 335. The van der Waals surface area contributed by atoms with Crippen molar-refractivity contribution in [2.45, 2.75) is 26.2 Å². The monoisotopic (exact) mass is 215 g/mol. The highest BCUT2D eigenvalue weighted by atomic mass is 32.2. The molecule has 4 heteroatoms. The van der Waals surface area contributed by atoms with Gasteiger partial charge in [-0.3, -0.25) is 4.31 Å². The lowest BCUT2D eigenvalue weighted by Crippen LogP contribution is -2.22. The van der Waals surface area contributed by atoms with Crippen molar-refractivity contribution in [2.75, 3.05) is 12.3 Å². The average Bonchev–Trinajstić information content (AvgIpc) is 2.52. The van der Waals surface area contributed by atoms with Crippen molar-refractivity contribution in [3.05, 3.63) is 23.2 Å². The van der Waals surface area contributed by atoms with E-state index < -0.39 is 11.0 Å². The first-order chi connectivity index (χ1) is 6.68. The molecule has 1 fully saturated rings. The zero-order valence-corrected chi connectivity index (χ0v) is 9.07. The molecule has 2 aliphatic rings. The molecule has 1 heterocycles. The molecule has 0 aromatic rings. The van der Waals surface area contributed by atoms with Gasteiger partial charge in [0.15, 0.2) is 0 Å². The lowest BCUT2D eigenvalue weighted by Gasteiger charge is -2.23. The first-order valence-electron chi connectivity index (χ1n) is 4.90. The summed E-state index contributed by atoms with van der Waals surface area (Å²) in [5.74, 6) is 0.489. The first kappa shape index (κ1) is 9.90. The van der Waals surface area contributed by atoms with Gasteiger partial charge in [-0.05, 0) is 32.3 Å². The third-order valence-corrected chi connectivity index (χ3v) is 4.16. The maximum atomic E-state index is 13.6. The summed E-state index contributed by atoms with van der Waals surface area (Å²) in [7, 11) is -0.984. The first-order valence-corrected chi connectivity index (χ1v) is 6.18. The van der Waals surface area contributed by atoms with E-state index in [1.54, 1.807) is 10.4 Å². The van der Waals surface area contributed by atoms with E-state index in [-0.39, 0.29) is 5.83 Å². The van der Waals surface area contributed by atoms with Crippen LogP contribution in [0, 0.1) is 0 Å². The van der Waals surface area contributed by atoms with Crippen molar-refractivity contribution in [3.8, 4) is 0 Å². The van der Waals surface area contributed by atoms with Crippen LogP contribution < -0.4 is 0 Å². The SMILES string of the molecule is CC1=CC(F)=C(N2CCCS2=O)CC1. The molecule has 78 valence electrons. The highest BCUT2D eigenvalue weighted by Crippen LogP contribution is 2.30. The second-order valence-corrected chi connectivity index (χ2v) is 5.26. The van der Waals surface area contributed by atoms with Gasteiger partial charge < -0.3 is 0 Å². The van der Waals surface area contributed by atoms with Gasteiger partial charge in [0.05, 0.1) is 5.70 Å². The molecule has 0 N–H and O–H groups in total. The van der Waals surface area contributed by atoms with E-state index in [0.29, 0.717) is 17.9 Å². The Balaban J connectivity index is 2.25. The Morgan fingerprint density at radius 3 is 2.86 bits per heavy atom. The van der Waals surface area contributed by atoms with Gasteiger partial charge in [-0.15, -0.1) is 0 Å². The van der Waals surface area contributed by atoms with Crippen LogP contribution in [0.4, 0.5) is 4.39 Å². The predicted molar refractivity (Wildman–Crippen MR) is 55.5 cm³/mol. The van der Waals surface area contributed by atoms with Crippen LogP contribution in [0.3, 0.4) is 0 Å². The van der Waals surface area contributed by atoms with E-state index in [1.165, 1.54) is 0 Å². The number of hydrogen-bond donors (Lipinski definition) is 0. The number of nitrogens with zero attached hydrogens (tertiary/aromatic N) is 1. The van der Waals surface area contributed by atoms with Crippen molar-refractivity contribution in [1.82, 2.24) is 4.31 Å². The standard InChI is InChI=1S/C10H14FNOS/c1-8-3-4-10(9(11)7-8)12-5-2-6-14(12)13/h7H,2-6H2,1H3. The molecule has 0 saturated carbocycles. The summed E-state index contributed by atoms with van der Waals surface area (Å²) in [4.78, 5) is 0. The molecule has 1 aliphatic carbocycles. The highest BCUT2D eigenvalue weighted by Gasteiger charge is 2.26. The predicted octanol–water partition coefficient (Wildman–Crippen LogP) is 2.28. The van der Waals surface area contributed by atoms with Gasteiger partial charge in [0, 0.05) is 12.3 Å². The summed E-state index contributed by atoms with van der Waals surface area (Å²) in [6.07, 6.45) is 4.05. The molecule has 0 spiro atoms. The Labute approximate surface area is 86.1 Å². The smallest absolute Gasteiger partial charge is 0.143 e. The molecule has 0 amide bonds. The zero-order valence-electron chi connectivity index (χ0n) is 8.25. The zero-order chi connectivity index (χ0) is 10.1. The van der Waals surface area contributed by atoms with E-state index in [1.807, 2.05) is 6.92 Å². The summed E-state index contributed by atoms with van der Waals surface area (Å²) in [5.41, 5.74) is 1.71. The fourth-order valence-corrected chi connectivity index (χ4v) is 3.21. The summed E-state index contributed by atoms with van der Waals surface area (Å²) in [5, 5.41) is 0.